The van der Waals surface area contributed by atoms with Crippen LogP contribution in [0.5, 0.6) is 0 Å². The van der Waals surface area contributed by atoms with Gasteiger partial charge in [-0.05, 0) is 62.3 Å². The van der Waals surface area contributed by atoms with Gasteiger partial charge in [-0.3, -0.25) is 10.1 Å². The molecule has 4 nitrogen and oxygen atoms in total. The van der Waals surface area contributed by atoms with Gasteiger partial charge in [0.15, 0.2) is 0 Å². The molecule has 1 amide bonds. The van der Waals surface area contributed by atoms with Gasteiger partial charge in [-0.15, -0.1) is 0 Å². The number of nitrogens with one attached hydrogen (secondary N) is 1. The number of carbonyl (C=O) groups is 1. The van der Waals surface area contributed by atoms with Gasteiger partial charge in [-0.25, -0.2) is 0 Å². The van der Waals surface area contributed by atoms with Crippen molar-refractivity contribution in [3.8, 4) is 0 Å². The summed E-state index contributed by atoms with van der Waals surface area (Å²) in [4.78, 5) is 17.2. The maximum absolute atomic E-state index is 13.0. The minimum absolute atomic E-state index is 0.0732. The fourth-order valence-corrected chi connectivity index (χ4v) is 4.29. The summed E-state index contributed by atoms with van der Waals surface area (Å²) in [6.07, 6.45) is 5.43. The molecule has 1 N–H and O–H groups in total. The van der Waals surface area contributed by atoms with E-state index in [0.717, 1.165) is 32.4 Å². The maximum atomic E-state index is 13.0. The number of rotatable bonds is 5. The summed E-state index contributed by atoms with van der Waals surface area (Å²) in [5, 5.41) is 7.94. The Morgan fingerprint density at radius 1 is 1.43 bits per heavy atom. The van der Waals surface area contributed by atoms with E-state index in [1.54, 1.807) is 11.3 Å². The number of carbonyl (C=O) groups excluding carboxylic acids is 1. The van der Waals surface area contributed by atoms with Crippen molar-refractivity contribution in [2.24, 2.45) is 0 Å². The van der Waals surface area contributed by atoms with Crippen LogP contribution < -0.4 is 5.32 Å². The van der Waals surface area contributed by atoms with Crippen LogP contribution in [-0.4, -0.2) is 48.4 Å². The summed E-state index contributed by atoms with van der Waals surface area (Å²) in [5.41, 5.74) is 0.965. The molecule has 2 fully saturated rings. The van der Waals surface area contributed by atoms with E-state index in [2.05, 4.69) is 46.0 Å². The Morgan fingerprint density at radius 2 is 2.19 bits per heavy atom. The van der Waals surface area contributed by atoms with E-state index in [1.807, 2.05) is 0 Å². The van der Waals surface area contributed by atoms with Crippen LogP contribution in [0.1, 0.15) is 43.8 Å². The van der Waals surface area contributed by atoms with Crippen molar-refractivity contribution in [3.63, 3.8) is 0 Å². The third-order valence-electron chi connectivity index (χ3n) is 4.72. The number of hydrogen-bond acceptors (Lipinski definition) is 4. The monoisotopic (exact) mass is 307 g/mol. The van der Waals surface area contributed by atoms with E-state index in [4.69, 9.17) is 0 Å². The highest BCUT2D eigenvalue weighted by molar-refractivity contribution is 7.07. The highest BCUT2D eigenvalue weighted by Gasteiger charge is 2.52. The van der Waals surface area contributed by atoms with Crippen LogP contribution >= 0.6 is 11.3 Å². The van der Waals surface area contributed by atoms with Gasteiger partial charge in [0.1, 0.15) is 6.17 Å². The van der Waals surface area contributed by atoms with E-state index in [-0.39, 0.29) is 11.7 Å². The molecule has 116 valence electrons. The van der Waals surface area contributed by atoms with Gasteiger partial charge in [0.2, 0.25) is 5.91 Å². The van der Waals surface area contributed by atoms with Crippen molar-refractivity contribution < 1.29 is 4.79 Å². The first kappa shape index (κ1) is 15.0. The van der Waals surface area contributed by atoms with E-state index < -0.39 is 0 Å². The summed E-state index contributed by atoms with van der Waals surface area (Å²) in [5.74, 6) is 0.329. The Morgan fingerprint density at radius 3 is 2.81 bits per heavy atom. The number of hydrogen-bond donors (Lipinski definition) is 1. The molecule has 3 rings (SSSR count). The second-order valence-electron chi connectivity index (χ2n) is 6.55. The highest BCUT2D eigenvalue weighted by atomic mass is 32.1. The summed E-state index contributed by atoms with van der Waals surface area (Å²) >= 11 is 1.70. The topological polar surface area (TPSA) is 35.6 Å². The van der Waals surface area contributed by atoms with Crippen LogP contribution in [0.25, 0.3) is 0 Å². The summed E-state index contributed by atoms with van der Waals surface area (Å²) in [6.45, 7) is 1.86. The van der Waals surface area contributed by atoms with Crippen molar-refractivity contribution in [2.75, 3.05) is 27.2 Å². The lowest BCUT2D eigenvalue weighted by Gasteiger charge is -2.24. The molecule has 2 heterocycles. The third-order valence-corrected chi connectivity index (χ3v) is 5.42. The van der Waals surface area contributed by atoms with Crippen LogP contribution in [0.4, 0.5) is 0 Å². The van der Waals surface area contributed by atoms with Crippen LogP contribution in [0.2, 0.25) is 0 Å². The molecule has 1 aromatic heterocycles. The highest BCUT2D eigenvalue weighted by Crippen LogP contribution is 2.41. The lowest BCUT2D eigenvalue weighted by molar-refractivity contribution is -0.133. The second kappa shape index (κ2) is 6.07. The molecule has 0 bridgehead atoms. The molecule has 1 unspecified atom stereocenters. The minimum atomic E-state index is -0.273. The van der Waals surface area contributed by atoms with Gasteiger partial charge >= 0.3 is 0 Å². The van der Waals surface area contributed by atoms with Crippen molar-refractivity contribution in [3.05, 3.63) is 22.4 Å². The zero-order valence-corrected chi connectivity index (χ0v) is 13.8. The molecule has 5 heteroatoms. The Balaban J connectivity index is 1.77. The molecule has 1 aliphatic heterocycles. The fraction of sp³-hybridized carbons (Fsp3) is 0.688. The Labute approximate surface area is 131 Å². The summed E-state index contributed by atoms with van der Waals surface area (Å²) in [6, 6.07) is 2.14. The van der Waals surface area contributed by atoms with Crippen LogP contribution in [0.15, 0.2) is 16.8 Å². The number of nitrogens with zero attached hydrogens (tertiary/aromatic N) is 2. The van der Waals surface area contributed by atoms with Crippen molar-refractivity contribution in [1.82, 2.24) is 15.1 Å². The molecule has 1 spiro atoms. The first-order valence-corrected chi connectivity index (χ1v) is 8.82. The average molecular weight is 307 g/mol. The minimum Gasteiger partial charge on any atom is -0.321 e. The normalized spacial score (nSPS) is 24.6. The molecule has 2 aliphatic rings. The zero-order chi connectivity index (χ0) is 14.9. The van der Waals surface area contributed by atoms with Gasteiger partial charge < -0.3 is 9.80 Å². The quantitative estimate of drug-likeness (QED) is 0.907. The smallest absolute Gasteiger partial charge is 0.244 e. The molecule has 1 aromatic rings. The zero-order valence-electron chi connectivity index (χ0n) is 13.0. The van der Waals surface area contributed by atoms with Gasteiger partial charge in [-0.2, -0.15) is 11.3 Å². The van der Waals surface area contributed by atoms with Gasteiger partial charge in [-0.1, -0.05) is 12.8 Å². The van der Waals surface area contributed by atoms with Crippen molar-refractivity contribution in [1.29, 1.82) is 0 Å². The van der Waals surface area contributed by atoms with Crippen molar-refractivity contribution >= 4 is 17.2 Å². The van der Waals surface area contributed by atoms with Crippen LogP contribution in [-0.2, 0) is 4.79 Å². The maximum Gasteiger partial charge on any atom is 0.244 e. The number of amides is 1. The Bertz CT molecular complexity index is 480. The molecule has 0 radical (unpaired) electrons. The lowest BCUT2D eigenvalue weighted by atomic mass is 9.98. The molecular weight excluding hydrogens is 282 g/mol. The molecule has 0 aromatic carbocycles. The molecule has 1 atom stereocenters. The molecule has 1 saturated heterocycles. The third kappa shape index (κ3) is 2.87. The predicted octanol–water partition coefficient (Wildman–Crippen LogP) is 2.44. The van der Waals surface area contributed by atoms with E-state index >= 15 is 0 Å². The largest absolute Gasteiger partial charge is 0.321 e. The predicted molar refractivity (Wildman–Crippen MR) is 86.3 cm³/mol. The summed E-state index contributed by atoms with van der Waals surface area (Å²) < 4.78 is 0. The van der Waals surface area contributed by atoms with E-state index in [9.17, 15) is 4.79 Å². The standard InChI is InChI=1S/C16H25N3OS/c1-18(2)9-5-10-19-14(13-6-11-21-12-13)17-16(15(19)20)7-3-4-8-16/h6,11-12,14,17H,3-5,7-10H2,1-2H3. The summed E-state index contributed by atoms with van der Waals surface area (Å²) in [7, 11) is 4.16. The lowest BCUT2D eigenvalue weighted by Crippen LogP contribution is -2.44. The van der Waals surface area contributed by atoms with Gasteiger partial charge in [0.25, 0.3) is 0 Å². The molecular formula is C16H25N3OS. The van der Waals surface area contributed by atoms with Crippen LogP contribution in [0, 0.1) is 0 Å². The SMILES string of the molecule is CN(C)CCCN1C(=O)C2(CCCC2)NC1c1ccsc1. The van der Waals surface area contributed by atoms with Gasteiger partial charge in [0.05, 0.1) is 5.54 Å². The molecule has 21 heavy (non-hydrogen) atoms. The van der Waals surface area contributed by atoms with E-state index in [1.165, 1.54) is 18.4 Å². The van der Waals surface area contributed by atoms with Gasteiger partial charge in [0, 0.05) is 6.54 Å². The first-order valence-electron chi connectivity index (χ1n) is 7.88. The van der Waals surface area contributed by atoms with Crippen LogP contribution in [0.3, 0.4) is 0 Å². The fourth-order valence-electron chi connectivity index (χ4n) is 3.61. The second-order valence-corrected chi connectivity index (χ2v) is 7.33. The van der Waals surface area contributed by atoms with E-state index in [0.29, 0.717) is 5.91 Å². The van der Waals surface area contributed by atoms with Crippen molar-refractivity contribution in [2.45, 2.75) is 43.8 Å². The molecule has 1 aliphatic carbocycles. The molecule has 1 saturated carbocycles. The Kier molecular flexibility index (Phi) is 4.33. The Hall–Kier alpha value is -0.910. The average Bonchev–Trinajstić information content (AvgIpc) is 3.15. The number of thiophene rings is 1. The first-order chi connectivity index (χ1) is 10.1.